The van der Waals surface area contributed by atoms with Gasteiger partial charge in [-0.2, -0.15) is 0 Å². The molecule has 0 atom stereocenters. The van der Waals surface area contributed by atoms with Crippen molar-refractivity contribution in [3.63, 3.8) is 0 Å². The first-order chi connectivity index (χ1) is 12.1. The van der Waals surface area contributed by atoms with Gasteiger partial charge in [0.15, 0.2) is 0 Å². The zero-order chi connectivity index (χ0) is 17.8. The van der Waals surface area contributed by atoms with Crippen LogP contribution in [0.4, 0.5) is 0 Å². The van der Waals surface area contributed by atoms with Crippen LogP contribution in [0.1, 0.15) is 32.3 Å². The molecule has 0 saturated carbocycles. The summed E-state index contributed by atoms with van der Waals surface area (Å²) in [6, 6.07) is 14.7. The van der Waals surface area contributed by atoms with E-state index in [1.807, 2.05) is 18.2 Å². The molecule has 0 unspecified atom stereocenters. The van der Waals surface area contributed by atoms with Crippen LogP contribution in [-0.4, -0.2) is 31.3 Å². The summed E-state index contributed by atoms with van der Waals surface area (Å²) in [5.41, 5.74) is 4.59. The van der Waals surface area contributed by atoms with Crippen molar-refractivity contribution in [1.29, 1.82) is 0 Å². The number of esters is 1. The number of aromatic nitrogens is 1. The fourth-order valence-electron chi connectivity index (χ4n) is 2.83. The summed E-state index contributed by atoms with van der Waals surface area (Å²) in [5.74, 6) is 0.512. The van der Waals surface area contributed by atoms with Gasteiger partial charge in [-0.3, -0.25) is 0 Å². The molecule has 0 aliphatic carbocycles. The maximum atomic E-state index is 11.7. The van der Waals surface area contributed by atoms with Crippen LogP contribution in [0.15, 0.2) is 48.7 Å². The van der Waals surface area contributed by atoms with Crippen LogP contribution >= 0.6 is 0 Å². The normalized spacial score (nSPS) is 11.0. The molecule has 0 fully saturated rings. The Balaban J connectivity index is 2.22. The number of rotatable bonds is 6. The summed E-state index contributed by atoms with van der Waals surface area (Å²) in [7, 11) is 0. The molecular formula is C21H23NO2Te. The summed E-state index contributed by atoms with van der Waals surface area (Å²) in [6.07, 6.45) is 4.48. The van der Waals surface area contributed by atoms with Gasteiger partial charge in [-0.15, -0.1) is 0 Å². The first-order valence-corrected chi connectivity index (χ1v) is 11.4. The molecule has 4 heteroatoms. The van der Waals surface area contributed by atoms with Gasteiger partial charge in [-0.05, 0) is 0 Å². The first-order valence-electron chi connectivity index (χ1n) is 8.63. The molecule has 3 aromatic rings. The van der Waals surface area contributed by atoms with Crippen LogP contribution in [0.3, 0.4) is 0 Å². The number of unbranched alkanes of at least 4 members (excludes halogenated alkanes) is 1. The minimum atomic E-state index is -0.442. The third-order valence-corrected chi connectivity index (χ3v) is 7.38. The van der Waals surface area contributed by atoms with Crippen LogP contribution in [-0.2, 0) is 4.79 Å². The van der Waals surface area contributed by atoms with E-state index in [9.17, 15) is 4.79 Å². The van der Waals surface area contributed by atoms with Gasteiger partial charge in [0.25, 0.3) is 0 Å². The minimum absolute atomic E-state index is 0.254. The second-order valence-corrected chi connectivity index (χ2v) is 9.28. The van der Waals surface area contributed by atoms with Crippen molar-refractivity contribution in [3.8, 4) is 17.0 Å². The number of aryl methyl sites for hydroxylation is 1. The van der Waals surface area contributed by atoms with Gasteiger partial charge < -0.3 is 0 Å². The average Bonchev–Trinajstić information content (AvgIpc) is 2.89. The molecule has 3 rings (SSSR count). The summed E-state index contributed by atoms with van der Waals surface area (Å²) in [4.78, 5) is 11.7. The maximum absolute atomic E-state index is 11.7. The van der Waals surface area contributed by atoms with Gasteiger partial charge in [0.05, 0.1) is 0 Å². The third-order valence-electron chi connectivity index (χ3n) is 4.07. The number of carbonyl (C=O) groups excluding carboxylic acids is 1. The molecule has 3 nitrogen and oxygen atoms in total. The van der Waals surface area contributed by atoms with Crippen molar-refractivity contribution in [3.05, 3.63) is 54.2 Å². The van der Waals surface area contributed by atoms with E-state index in [1.54, 1.807) is 0 Å². The summed E-state index contributed by atoms with van der Waals surface area (Å²) in [5, 5.41) is 0. The van der Waals surface area contributed by atoms with E-state index in [0.717, 1.165) is 11.3 Å². The molecule has 0 amide bonds. The number of pyridine rings is 1. The van der Waals surface area contributed by atoms with Crippen LogP contribution in [0, 0.1) is 6.92 Å². The molecule has 130 valence electrons. The third kappa shape index (κ3) is 3.91. The van der Waals surface area contributed by atoms with Crippen LogP contribution in [0.25, 0.3) is 16.8 Å². The second kappa shape index (κ2) is 8.08. The molecule has 0 aliphatic heterocycles. The molecule has 0 radical (unpaired) electrons. The van der Waals surface area contributed by atoms with Crippen LogP contribution in [0.5, 0.6) is 5.75 Å². The Bertz CT molecular complexity index is 881. The molecule has 25 heavy (non-hydrogen) atoms. The fourth-order valence-corrected chi connectivity index (χ4v) is 6.45. The number of ether oxygens (including phenoxy) is 1. The van der Waals surface area contributed by atoms with E-state index in [1.165, 1.54) is 44.7 Å². The Kier molecular flexibility index (Phi) is 5.83. The summed E-state index contributed by atoms with van der Waals surface area (Å²) < 4.78 is 10.3. The molecular weight excluding hydrogens is 426 g/mol. The molecule has 0 aliphatic rings. The van der Waals surface area contributed by atoms with Gasteiger partial charge in [0, 0.05) is 0 Å². The van der Waals surface area contributed by atoms with E-state index < -0.39 is 20.9 Å². The van der Waals surface area contributed by atoms with Crippen LogP contribution in [0.2, 0.25) is 4.47 Å². The second-order valence-electron chi connectivity index (χ2n) is 6.12. The summed E-state index contributed by atoms with van der Waals surface area (Å²) >= 11 is -0.442. The van der Waals surface area contributed by atoms with E-state index in [0.29, 0.717) is 0 Å². The zero-order valence-electron chi connectivity index (χ0n) is 14.9. The number of benzene rings is 1. The Morgan fingerprint density at radius 1 is 1.16 bits per heavy atom. The SMILES string of the molecule is CCCC[Te]c1c(OC(C)=O)c2ccccn2c1-c1ccc(C)cc1. The number of nitrogens with zero attached hydrogens (tertiary/aromatic N) is 1. The Morgan fingerprint density at radius 2 is 1.92 bits per heavy atom. The number of carbonyl (C=O) groups is 1. The average molecular weight is 449 g/mol. The molecule has 0 spiro atoms. The number of fused-ring (bicyclic) bond motifs is 1. The molecule has 0 bridgehead atoms. The zero-order valence-corrected chi connectivity index (χ0v) is 17.2. The molecule has 1 aromatic carbocycles. The standard InChI is InChI=1S/C21H23NO2Te/c1-4-5-14-25-21-19(17-11-9-15(2)10-12-17)22-13-7-6-8-18(22)20(21)24-16(3)23/h6-13H,4-5,14H2,1-3H3. The van der Waals surface area contributed by atoms with Crippen LogP contribution < -0.4 is 8.35 Å². The molecule has 0 N–H and O–H groups in total. The van der Waals surface area contributed by atoms with Gasteiger partial charge in [-0.25, -0.2) is 0 Å². The number of hydrogen-bond acceptors (Lipinski definition) is 2. The van der Waals surface area contributed by atoms with Crippen molar-refractivity contribution in [2.75, 3.05) is 0 Å². The van der Waals surface area contributed by atoms with Gasteiger partial charge in [-0.1, -0.05) is 0 Å². The van der Waals surface area contributed by atoms with E-state index >= 15 is 0 Å². The van der Waals surface area contributed by atoms with Crippen molar-refractivity contribution in [2.45, 2.75) is 38.1 Å². The monoisotopic (exact) mass is 451 g/mol. The predicted octanol–water partition coefficient (Wildman–Crippen LogP) is 4.39. The van der Waals surface area contributed by atoms with E-state index in [2.05, 4.69) is 48.7 Å². The van der Waals surface area contributed by atoms with Gasteiger partial charge in [0.1, 0.15) is 0 Å². The molecule has 2 heterocycles. The number of hydrogen-bond donors (Lipinski definition) is 0. The Labute approximate surface area is 159 Å². The molecule has 2 aromatic heterocycles. The van der Waals surface area contributed by atoms with E-state index in [4.69, 9.17) is 4.74 Å². The molecule has 0 saturated heterocycles. The summed E-state index contributed by atoms with van der Waals surface area (Å²) in [6.45, 7) is 5.80. The quantitative estimate of drug-likeness (QED) is 0.318. The Morgan fingerprint density at radius 3 is 2.60 bits per heavy atom. The van der Waals surface area contributed by atoms with Gasteiger partial charge in [0.2, 0.25) is 0 Å². The predicted molar refractivity (Wildman–Crippen MR) is 104 cm³/mol. The Hall–Kier alpha value is -1.76. The van der Waals surface area contributed by atoms with E-state index in [-0.39, 0.29) is 5.97 Å². The van der Waals surface area contributed by atoms with Crippen molar-refractivity contribution in [2.24, 2.45) is 0 Å². The topological polar surface area (TPSA) is 30.7 Å². The fraction of sp³-hybridized carbons (Fsp3) is 0.286. The van der Waals surface area contributed by atoms with Gasteiger partial charge >= 0.3 is 159 Å². The van der Waals surface area contributed by atoms with Crippen molar-refractivity contribution >= 4 is 36.0 Å². The first kappa shape index (κ1) is 18.0. The van der Waals surface area contributed by atoms with Crippen molar-refractivity contribution in [1.82, 2.24) is 4.40 Å². The van der Waals surface area contributed by atoms with Crippen molar-refractivity contribution < 1.29 is 9.53 Å².